The van der Waals surface area contributed by atoms with Crippen molar-refractivity contribution in [3.63, 3.8) is 0 Å². The topological polar surface area (TPSA) is 67.4 Å². The Morgan fingerprint density at radius 1 is 1.16 bits per heavy atom. The number of methoxy groups -OCH3 is 1. The quantitative estimate of drug-likeness (QED) is 0.694. The van der Waals surface area contributed by atoms with E-state index in [0.29, 0.717) is 31.1 Å². The van der Waals surface area contributed by atoms with Gasteiger partial charge in [0.2, 0.25) is 10.0 Å². The monoisotopic (exact) mass is 286 g/mol. The Morgan fingerprint density at radius 2 is 1.89 bits per heavy atom. The number of aryl methyl sites for hydroxylation is 2. The molecule has 0 unspecified atom stereocenters. The molecule has 1 rings (SSSR count). The zero-order chi connectivity index (χ0) is 14.3. The summed E-state index contributed by atoms with van der Waals surface area (Å²) in [6.07, 6.45) is 0. The van der Waals surface area contributed by atoms with Gasteiger partial charge in [-0.2, -0.15) is 0 Å². The molecule has 0 saturated heterocycles. The number of benzene rings is 1. The molecule has 6 heteroatoms. The standard InChI is InChI=1S/C13H22N2O3S/c1-11-4-5-13(12(2)10-11)19(16,17)15-7-6-14-8-9-18-3/h4-5,10,14-15H,6-9H2,1-3H3. The lowest BCUT2D eigenvalue weighted by Crippen LogP contribution is -2.33. The molecule has 0 amide bonds. The highest BCUT2D eigenvalue weighted by atomic mass is 32.2. The maximum atomic E-state index is 12.1. The van der Waals surface area contributed by atoms with Crippen LogP contribution in [0.4, 0.5) is 0 Å². The molecule has 0 radical (unpaired) electrons. The number of rotatable bonds is 8. The minimum absolute atomic E-state index is 0.343. The van der Waals surface area contributed by atoms with E-state index in [1.165, 1.54) is 0 Å². The van der Waals surface area contributed by atoms with Gasteiger partial charge in [-0.15, -0.1) is 0 Å². The average Bonchev–Trinajstić information content (AvgIpc) is 2.33. The third-order valence-electron chi connectivity index (χ3n) is 2.70. The molecule has 0 aliphatic rings. The molecule has 0 bridgehead atoms. The molecule has 0 fully saturated rings. The van der Waals surface area contributed by atoms with Crippen LogP contribution in [0.2, 0.25) is 0 Å². The van der Waals surface area contributed by atoms with Gasteiger partial charge in [0.1, 0.15) is 0 Å². The van der Waals surface area contributed by atoms with Crippen LogP contribution in [0, 0.1) is 13.8 Å². The van der Waals surface area contributed by atoms with Crippen molar-refractivity contribution in [1.82, 2.24) is 10.0 Å². The van der Waals surface area contributed by atoms with Crippen LogP contribution in [-0.2, 0) is 14.8 Å². The Hall–Kier alpha value is -0.950. The summed E-state index contributed by atoms with van der Waals surface area (Å²) in [6, 6.07) is 5.31. The van der Waals surface area contributed by atoms with E-state index in [9.17, 15) is 8.42 Å². The molecular formula is C13H22N2O3S. The second-order valence-corrected chi connectivity index (χ2v) is 6.14. The van der Waals surface area contributed by atoms with Crippen LogP contribution in [0.5, 0.6) is 0 Å². The van der Waals surface area contributed by atoms with Crippen LogP contribution < -0.4 is 10.0 Å². The predicted octanol–water partition coefficient (Wildman–Crippen LogP) is 0.818. The van der Waals surface area contributed by atoms with Gasteiger partial charge in [-0.1, -0.05) is 17.7 Å². The van der Waals surface area contributed by atoms with Gasteiger partial charge in [0.05, 0.1) is 11.5 Å². The van der Waals surface area contributed by atoms with Crippen LogP contribution in [0.1, 0.15) is 11.1 Å². The minimum atomic E-state index is -3.42. The first kappa shape index (κ1) is 16.1. The molecular weight excluding hydrogens is 264 g/mol. The van der Waals surface area contributed by atoms with Gasteiger partial charge in [-0.3, -0.25) is 0 Å². The Labute approximate surface area is 115 Å². The van der Waals surface area contributed by atoms with Crippen molar-refractivity contribution in [3.8, 4) is 0 Å². The fraction of sp³-hybridized carbons (Fsp3) is 0.538. The number of sulfonamides is 1. The van der Waals surface area contributed by atoms with E-state index in [1.807, 2.05) is 13.0 Å². The average molecular weight is 286 g/mol. The minimum Gasteiger partial charge on any atom is -0.383 e. The molecule has 0 spiro atoms. The van der Waals surface area contributed by atoms with Crippen molar-refractivity contribution in [2.45, 2.75) is 18.7 Å². The zero-order valence-corrected chi connectivity index (χ0v) is 12.5. The normalized spacial score (nSPS) is 11.7. The smallest absolute Gasteiger partial charge is 0.240 e. The summed E-state index contributed by atoms with van der Waals surface area (Å²) < 4.78 is 31.6. The van der Waals surface area contributed by atoms with Crippen LogP contribution in [0.3, 0.4) is 0 Å². The van der Waals surface area contributed by atoms with E-state index in [0.717, 1.165) is 11.1 Å². The first-order valence-corrected chi connectivity index (χ1v) is 7.72. The summed E-state index contributed by atoms with van der Waals surface area (Å²) in [6.45, 7) is 6.01. The number of hydrogen-bond acceptors (Lipinski definition) is 4. The highest BCUT2D eigenvalue weighted by Gasteiger charge is 2.15. The van der Waals surface area contributed by atoms with Crippen molar-refractivity contribution >= 4 is 10.0 Å². The number of hydrogen-bond donors (Lipinski definition) is 2. The number of ether oxygens (including phenoxy) is 1. The van der Waals surface area contributed by atoms with Gasteiger partial charge < -0.3 is 10.1 Å². The molecule has 1 aromatic rings. The largest absolute Gasteiger partial charge is 0.383 e. The fourth-order valence-electron chi connectivity index (χ4n) is 1.75. The van der Waals surface area contributed by atoms with E-state index >= 15 is 0 Å². The molecule has 108 valence electrons. The Morgan fingerprint density at radius 3 is 2.53 bits per heavy atom. The second-order valence-electron chi connectivity index (χ2n) is 4.41. The lowest BCUT2D eigenvalue weighted by molar-refractivity contribution is 0.199. The SMILES string of the molecule is COCCNCCNS(=O)(=O)c1ccc(C)cc1C. The highest BCUT2D eigenvalue weighted by Crippen LogP contribution is 2.15. The Kier molecular flexibility index (Phi) is 6.44. The Balaban J connectivity index is 2.52. The molecule has 1 aromatic carbocycles. The summed E-state index contributed by atoms with van der Waals surface area (Å²) in [5.74, 6) is 0. The number of nitrogens with one attached hydrogen (secondary N) is 2. The van der Waals surface area contributed by atoms with Gasteiger partial charge in [0, 0.05) is 26.7 Å². The molecule has 0 aliphatic heterocycles. The second kappa shape index (κ2) is 7.59. The molecule has 19 heavy (non-hydrogen) atoms. The van der Waals surface area contributed by atoms with E-state index in [4.69, 9.17) is 4.74 Å². The molecule has 0 aromatic heterocycles. The van der Waals surface area contributed by atoms with Crippen LogP contribution in [-0.4, -0.2) is 41.8 Å². The highest BCUT2D eigenvalue weighted by molar-refractivity contribution is 7.89. The maximum Gasteiger partial charge on any atom is 0.240 e. The van der Waals surface area contributed by atoms with Crippen LogP contribution >= 0.6 is 0 Å². The summed E-state index contributed by atoms with van der Waals surface area (Å²) in [7, 11) is -1.79. The van der Waals surface area contributed by atoms with Crippen molar-refractivity contribution in [1.29, 1.82) is 0 Å². The van der Waals surface area contributed by atoms with E-state index in [-0.39, 0.29) is 0 Å². The van der Waals surface area contributed by atoms with Gasteiger partial charge >= 0.3 is 0 Å². The van der Waals surface area contributed by atoms with Crippen molar-refractivity contribution in [3.05, 3.63) is 29.3 Å². The van der Waals surface area contributed by atoms with Gasteiger partial charge in [-0.25, -0.2) is 13.1 Å². The van der Waals surface area contributed by atoms with Crippen molar-refractivity contribution in [2.75, 3.05) is 33.4 Å². The van der Waals surface area contributed by atoms with Gasteiger partial charge in [-0.05, 0) is 25.5 Å². The zero-order valence-electron chi connectivity index (χ0n) is 11.7. The lowest BCUT2D eigenvalue weighted by atomic mass is 10.2. The summed E-state index contributed by atoms with van der Waals surface area (Å²) in [4.78, 5) is 0.343. The first-order chi connectivity index (χ1) is 8.97. The predicted molar refractivity (Wildman–Crippen MR) is 75.9 cm³/mol. The van der Waals surface area contributed by atoms with Crippen LogP contribution in [0.15, 0.2) is 23.1 Å². The van der Waals surface area contributed by atoms with Crippen LogP contribution in [0.25, 0.3) is 0 Å². The van der Waals surface area contributed by atoms with Crippen molar-refractivity contribution < 1.29 is 13.2 Å². The van der Waals surface area contributed by atoms with E-state index in [1.54, 1.807) is 26.2 Å². The maximum absolute atomic E-state index is 12.1. The fourth-order valence-corrected chi connectivity index (χ4v) is 3.01. The molecule has 2 N–H and O–H groups in total. The Bertz CT molecular complexity index is 501. The van der Waals surface area contributed by atoms with E-state index in [2.05, 4.69) is 10.0 Å². The molecule has 5 nitrogen and oxygen atoms in total. The summed E-state index contributed by atoms with van der Waals surface area (Å²) >= 11 is 0. The third-order valence-corrected chi connectivity index (χ3v) is 4.32. The summed E-state index contributed by atoms with van der Waals surface area (Å²) in [5.41, 5.74) is 1.82. The molecule has 0 saturated carbocycles. The molecule has 0 aliphatic carbocycles. The van der Waals surface area contributed by atoms with Gasteiger partial charge in [0.15, 0.2) is 0 Å². The summed E-state index contributed by atoms with van der Waals surface area (Å²) in [5, 5.41) is 3.08. The van der Waals surface area contributed by atoms with Gasteiger partial charge in [0.25, 0.3) is 0 Å². The van der Waals surface area contributed by atoms with E-state index < -0.39 is 10.0 Å². The lowest BCUT2D eigenvalue weighted by Gasteiger charge is -2.10. The third kappa shape index (κ3) is 5.28. The van der Waals surface area contributed by atoms with Crippen molar-refractivity contribution in [2.24, 2.45) is 0 Å². The molecule has 0 atom stereocenters. The molecule has 0 heterocycles. The first-order valence-electron chi connectivity index (χ1n) is 6.24.